The number of tetrazole rings is 1. The second kappa shape index (κ2) is 6.73. The Morgan fingerprint density at radius 1 is 1.09 bits per heavy atom. The normalized spacial score (nSPS) is 10.5. The molecule has 0 aliphatic carbocycles. The molecule has 2 aromatic carbocycles. The highest BCUT2D eigenvalue weighted by atomic mass is 16.5. The second-order valence-corrected chi connectivity index (χ2v) is 4.69. The predicted octanol–water partition coefficient (Wildman–Crippen LogP) is 2.33. The number of ether oxygens (including phenoxy) is 1. The molecule has 0 N–H and O–H groups in total. The summed E-state index contributed by atoms with van der Waals surface area (Å²) in [4.78, 5) is 12.2. The number of nitrogens with zero attached hydrogens (tertiary/aromatic N) is 4. The first-order valence-electron chi connectivity index (χ1n) is 6.80. The summed E-state index contributed by atoms with van der Waals surface area (Å²) in [7, 11) is 0. The zero-order valence-corrected chi connectivity index (χ0v) is 11.8. The number of aldehydes is 1. The SMILES string of the molecule is O=Cc1cccc(-c2nnn(COCc3ccccc3)n2)c1. The fraction of sp³-hybridized carbons (Fsp3) is 0.125. The Bertz CT molecular complexity index is 756. The third-order valence-electron chi connectivity index (χ3n) is 3.05. The van der Waals surface area contributed by atoms with E-state index in [2.05, 4.69) is 15.4 Å². The first-order chi connectivity index (χ1) is 10.8. The lowest BCUT2D eigenvalue weighted by molar-refractivity contribution is 0.0459. The molecule has 0 saturated heterocycles. The van der Waals surface area contributed by atoms with Gasteiger partial charge in [-0.15, -0.1) is 15.0 Å². The molecule has 1 heterocycles. The van der Waals surface area contributed by atoms with Crippen molar-refractivity contribution in [2.45, 2.75) is 13.3 Å². The van der Waals surface area contributed by atoms with E-state index in [9.17, 15) is 4.79 Å². The fourth-order valence-corrected chi connectivity index (χ4v) is 1.98. The quantitative estimate of drug-likeness (QED) is 0.653. The second-order valence-electron chi connectivity index (χ2n) is 4.69. The largest absolute Gasteiger partial charge is 0.353 e. The fourth-order valence-electron chi connectivity index (χ4n) is 1.98. The van der Waals surface area contributed by atoms with Gasteiger partial charge in [0, 0.05) is 11.1 Å². The monoisotopic (exact) mass is 294 g/mol. The summed E-state index contributed by atoms with van der Waals surface area (Å²) in [5.74, 6) is 0.465. The lowest BCUT2D eigenvalue weighted by atomic mass is 10.1. The van der Waals surface area contributed by atoms with Crippen molar-refractivity contribution in [3.05, 3.63) is 65.7 Å². The summed E-state index contributed by atoms with van der Waals surface area (Å²) >= 11 is 0. The van der Waals surface area contributed by atoms with Gasteiger partial charge in [-0.05, 0) is 16.8 Å². The number of carbonyl (C=O) groups excluding carboxylic acids is 1. The molecular weight excluding hydrogens is 280 g/mol. The molecule has 0 amide bonds. The molecule has 6 nitrogen and oxygen atoms in total. The number of hydrogen-bond acceptors (Lipinski definition) is 5. The van der Waals surface area contributed by atoms with Crippen LogP contribution in [0.1, 0.15) is 15.9 Å². The van der Waals surface area contributed by atoms with Gasteiger partial charge in [0.05, 0.1) is 6.61 Å². The van der Waals surface area contributed by atoms with Crippen molar-refractivity contribution in [3.63, 3.8) is 0 Å². The van der Waals surface area contributed by atoms with Gasteiger partial charge in [-0.2, -0.15) is 0 Å². The molecule has 3 rings (SSSR count). The van der Waals surface area contributed by atoms with E-state index >= 15 is 0 Å². The van der Waals surface area contributed by atoms with Crippen LogP contribution in [0.15, 0.2) is 54.6 Å². The Kier molecular flexibility index (Phi) is 4.31. The van der Waals surface area contributed by atoms with Gasteiger partial charge < -0.3 is 4.74 Å². The van der Waals surface area contributed by atoms with Crippen LogP contribution in [0.4, 0.5) is 0 Å². The van der Waals surface area contributed by atoms with E-state index in [1.54, 1.807) is 18.2 Å². The van der Waals surface area contributed by atoms with Crippen molar-refractivity contribution < 1.29 is 9.53 Å². The molecule has 0 fully saturated rings. The molecule has 0 atom stereocenters. The predicted molar refractivity (Wildman–Crippen MR) is 79.9 cm³/mol. The van der Waals surface area contributed by atoms with Crippen LogP contribution in [0.25, 0.3) is 11.4 Å². The summed E-state index contributed by atoms with van der Waals surface area (Å²) in [5, 5.41) is 12.2. The lowest BCUT2D eigenvalue weighted by Crippen LogP contribution is -2.06. The van der Waals surface area contributed by atoms with Gasteiger partial charge in [-0.1, -0.05) is 48.5 Å². The average Bonchev–Trinajstić information content (AvgIpc) is 3.05. The van der Waals surface area contributed by atoms with Gasteiger partial charge in [0.1, 0.15) is 6.29 Å². The minimum absolute atomic E-state index is 0.218. The summed E-state index contributed by atoms with van der Waals surface area (Å²) in [6.45, 7) is 0.702. The summed E-state index contributed by atoms with van der Waals surface area (Å²) in [6, 6.07) is 16.9. The van der Waals surface area contributed by atoms with Gasteiger partial charge in [0.2, 0.25) is 5.82 Å². The number of benzene rings is 2. The van der Waals surface area contributed by atoms with E-state index in [-0.39, 0.29) is 6.73 Å². The highest BCUT2D eigenvalue weighted by Gasteiger charge is 2.06. The minimum Gasteiger partial charge on any atom is -0.353 e. The molecular formula is C16H14N4O2. The van der Waals surface area contributed by atoms with Crippen LogP contribution in [0.2, 0.25) is 0 Å². The molecule has 0 bridgehead atoms. The molecule has 0 unspecified atom stereocenters. The van der Waals surface area contributed by atoms with Crippen LogP contribution in [0, 0.1) is 0 Å². The lowest BCUT2D eigenvalue weighted by Gasteiger charge is -2.02. The summed E-state index contributed by atoms with van der Waals surface area (Å²) < 4.78 is 5.54. The molecule has 0 saturated carbocycles. The molecule has 0 aliphatic rings. The van der Waals surface area contributed by atoms with E-state index < -0.39 is 0 Å². The molecule has 0 radical (unpaired) electrons. The number of hydrogen-bond donors (Lipinski definition) is 0. The molecule has 22 heavy (non-hydrogen) atoms. The minimum atomic E-state index is 0.218. The van der Waals surface area contributed by atoms with Gasteiger partial charge in [0.15, 0.2) is 6.73 Å². The molecule has 110 valence electrons. The van der Waals surface area contributed by atoms with Gasteiger partial charge in [0.25, 0.3) is 0 Å². The van der Waals surface area contributed by atoms with Crippen LogP contribution in [-0.2, 0) is 18.1 Å². The topological polar surface area (TPSA) is 69.9 Å². The molecule has 1 aromatic heterocycles. The number of rotatable bonds is 6. The number of carbonyl (C=O) groups is 1. The Hall–Kier alpha value is -2.86. The van der Waals surface area contributed by atoms with Crippen LogP contribution < -0.4 is 0 Å². The van der Waals surface area contributed by atoms with Crippen LogP contribution >= 0.6 is 0 Å². The third-order valence-corrected chi connectivity index (χ3v) is 3.05. The van der Waals surface area contributed by atoms with Crippen LogP contribution in [0.3, 0.4) is 0 Å². The van der Waals surface area contributed by atoms with E-state index in [0.29, 0.717) is 18.0 Å². The zero-order chi connectivity index (χ0) is 15.2. The highest BCUT2D eigenvalue weighted by Crippen LogP contribution is 2.14. The Labute approximate surface area is 127 Å². The van der Waals surface area contributed by atoms with E-state index in [0.717, 1.165) is 17.4 Å². The number of aromatic nitrogens is 4. The molecule has 6 heteroatoms. The van der Waals surface area contributed by atoms with E-state index in [1.807, 2.05) is 36.4 Å². The van der Waals surface area contributed by atoms with E-state index in [1.165, 1.54) is 4.80 Å². The summed E-state index contributed by atoms with van der Waals surface area (Å²) in [5.41, 5.74) is 2.41. The molecule has 0 spiro atoms. The van der Waals surface area contributed by atoms with Crippen molar-refractivity contribution in [3.8, 4) is 11.4 Å². The molecule has 0 aliphatic heterocycles. The van der Waals surface area contributed by atoms with E-state index in [4.69, 9.17) is 4.74 Å². The van der Waals surface area contributed by atoms with Crippen molar-refractivity contribution in [2.75, 3.05) is 0 Å². The van der Waals surface area contributed by atoms with Gasteiger partial charge in [-0.3, -0.25) is 4.79 Å². The Morgan fingerprint density at radius 3 is 2.77 bits per heavy atom. The Morgan fingerprint density at radius 2 is 1.95 bits per heavy atom. The van der Waals surface area contributed by atoms with Crippen molar-refractivity contribution in [2.24, 2.45) is 0 Å². The maximum Gasteiger partial charge on any atom is 0.205 e. The Balaban J connectivity index is 1.62. The summed E-state index contributed by atoms with van der Waals surface area (Å²) in [6.07, 6.45) is 0.789. The first kappa shape index (κ1) is 14.1. The van der Waals surface area contributed by atoms with Crippen molar-refractivity contribution in [1.29, 1.82) is 0 Å². The van der Waals surface area contributed by atoms with Gasteiger partial charge >= 0.3 is 0 Å². The van der Waals surface area contributed by atoms with Crippen LogP contribution in [0.5, 0.6) is 0 Å². The van der Waals surface area contributed by atoms with Gasteiger partial charge in [-0.25, -0.2) is 0 Å². The van der Waals surface area contributed by atoms with Crippen LogP contribution in [-0.4, -0.2) is 26.5 Å². The third kappa shape index (κ3) is 3.42. The maximum absolute atomic E-state index is 10.8. The average molecular weight is 294 g/mol. The first-order valence-corrected chi connectivity index (χ1v) is 6.80. The highest BCUT2D eigenvalue weighted by molar-refractivity contribution is 5.77. The maximum atomic E-state index is 10.8. The zero-order valence-electron chi connectivity index (χ0n) is 11.8. The van der Waals surface area contributed by atoms with Crippen molar-refractivity contribution in [1.82, 2.24) is 20.2 Å². The molecule has 3 aromatic rings. The van der Waals surface area contributed by atoms with Crippen molar-refractivity contribution >= 4 is 6.29 Å². The smallest absolute Gasteiger partial charge is 0.205 e. The standard InChI is InChI=1S/C16H14N4O2/c21-10-14-7-4-8-15(9-14)16-17-19-20(18-16)12-22-11-13-5-2-1-3-6-13/h1-10H,11-12H2.